The van der Waals surface area contributed by atoms with Crippen molar-refractivity contribution in [1.82, 2.24) is 0 Å². The minimum atomic E-state index is 0.354. The Kier molecular flexibility index (Phi) is 6.74. The molecule has 122 valence electrons. The predicted octanol–water partition coefficient (Wildman–Crippen LogP) is 1.71. The van der Waals surface area contributed by atoms with Gasteiger partial charge in [0.15, 0.2) is 11.5 Å². The molecule has 1 saturated heterocycles. The van der Waals surface area contributed by atoms with Crippen molar-refractivity contribution in [3.8, 4) is 11.5 Å². The van der Waals surface area contributed by atoms with Crippen molar-refractivity contribution in [2.75, 3.05) is 32.8 Å². The van der Waals surface area contributed by atoms with Gasteiger partial charge in [0.05, 0.1) is 13.2 Å². The van der Waals surface area contributed by atoms with Crippen molar-refractivity contribution in [2.24, 2.45) is 0 Å². The third-order valence-corrected chi connectivity index (χ3v) is 3.75. The summed E-state index contributed by atoms with van der Waals surface area (Å²) in [4.78, 5) is 1.60. The SMILES string of the molecule is C=CCOc1ccccc1OCCC[NH+]1C[C@@H](C)O[C@H](C)C1. The van der Waals surface area contributed by atoms with Crippen LogP contribution in [0.5, 0.6) is 11.5 Å². The summed E-state index contributed by atoms with van der Waals surface area (Å²) < 4.78 is 17.2. The molecular weight excluding hydrogens is 278 g/mol. The van der Waals surface area contributed by atoms with Crippen LogP contribution in [0.25, 0.3) is 0 Å². The van der Waals surface area contributed by atoms with E-state index in [-0.39, 0.29) is 0 Å². The molecular formula is C18H28NO3+. The number of morpholine rings is 1. The summed E-state index contributed by atoms with van der Waals surface area (Å²) in [6.45, 7) is 12.5. The van der Waals surface area contributed by atoms with Gasteiger partial charge in [-0.25, -0.2) is 0 Å². The van der Waals surface area contributed by atoms with E-state index in [1.807, 2.05) is 24.3 Å². The molecule has 0 spiro atoms. The fraction of sp³-hybridized carbons (Fsp3) is 0.556. The molecule has 1 N–H and O–H groups in total. The van der Waals surface area contributed by atoms with Gasteiger partial charge >= 0.3 is 0 Å². The standard InChI is InChI=1S/C18H27NO3/c1-4-11-20-17-8-5-6-9-18(17)21-12-7-10-19-13-15(2)22-16(3)14-19/h4-6,8-9,15-16H,1,7,10-14H2,2-3H3/p+1/t15-,16-/m1/s1. The minimum Gasteiger partial charge on any atom is -0.489 e. The summed E-state index contributed by atoms with van der Waals surface area (Å²) in [6, 6.07) is 7.79. The van der Waals surface area contributed by atoms with Crippen LogP contribution in [-0.2, 0) is 4.74 Å². The number of hydrogen-bond acceptors (Lipinski definition) is 3. The van der Waals surface area contributed by atoms with E-state index >= 15 is 0 Å². The molecule has 4 heteroatoms. The van der Waals surface area contributed by atoms with Gasteiger partial charge in [-0.05, 0) is 26.0 Å². The lowest BCUT2D eigenvalue weighted by Crippen LogP contribution is -3.15. The first-order valence-corrected chi connectivity index (χ1v) is 8.13. The highest BCUT2D eigenvalue weighted by Crippen LogP contribution is 2.26. The monoisotopic (exact) mass is 306 g/mol. The molecule has 1 aliphatic heterocycles. The normalized spacial score (nSPS) is 24.7. The van der Waals surface area contributed by atoms with Crippen LogP contribution in [0.1, 0.15) is 20.3 Å². The molecule has 1 aliphatic rings. The minimum absolute atomic E-state index is 0.354. The summed E-state index contributed by atoms with van der Waals surface area (Å²) in [5.74, 6) is 1.59. The van der Waals surface area contributed by atoms with Crippen molar-refractivity contribution in [3.63, 3.8) is 0 Å². The largest absolute Gasteiger partial charge is 0.489 e. The van der Waals surface area contributed by atoms with Crippen molar-refractivity contribution in [3.05, 3.63) is 36.9 Å². The zero-order valence-corrected chi connectivity index (χ0v) is 13.7. The van der Waals surface area contributed by atoms with Crippen LogP contribution in [-0.4, -0.2) is 45.1 Å². The summed E-state index contributed by atoms with van der Waals surface area (Å²) in [5.41, 5.74) is 0. The molecule has 0 unspecified atom stereocenters. The van der Waals surface area contributed by atoms with Crippen molar-refractivity contribution >= 4 is 0 Å². The molecule has 2 rings (SSSR count). The van der Waals surface area contributed by atoms with Crippen LogP contribution in [0.15, 0.2) is 36.9 Å². The first-order chi connectivity index (χ1) is 10.7. The summed E-state index contributed by atoms with van der Waals surface area (Å²) in [7, 11) is 0. The highest BCUT2D eigenvalue weighted by molar-refractivity contribution is 5.39. The van der Waals surface area contributed by atoms with Gasteiger partial charge in [0.25, 0.3) is 0 Å². The van der Waals surface area contributed by atoms with E-state index < -0.39 is 0 Å². The molecule has 0 saturated carbocycles. The number of rotatable bonds is 8. The number of para-hydroxylation sites is 2. The number of ether oxygens (including phenoxy) is 3. The second kappa shape index (κ2) is 8.81. The maximum absolute atomic E-state index is 5.88. The van der Waals surface area contributed by atoms with E-state index in [2.05, 4.69) is 20.4 Å². The summed E-state index contributed by atoms with van der Waals surface area (Å²) >= 11 is 0. The maximum atomic E-state index is 5.88. The van der Waals surface area contributed by atoms with Gasteiger partial charge in [0.2, 0.25) is 0 Å². The maximum Gasteiger partial charge on any atom is 0.161 e. The number of nitrogens with one attached hydrogen (secondary N) is 1. The van der Waals surface area contributed by atoms with Gasteiger partial charge < -0.3 is 19.1 Å². The Labute approximate surface area is 133 Å². The van der Waals surface area contributed by atoms with Crippen LogP contribution in [0.2, 0.25) is 0 Å². The topological polar surface area (TPSA) is 32.1 Å². The van der Waals surface area contributed by atoms with Gasteiger partial charge in [-0.3, -0.25) is 0 Å². The second-order valence-corrected chi connectivity index (χ2v) is 5.91. The average Bonchev–Trinajstić information content (AvgIpc) is 2.49. The Morgan fingerprint density at radius 1 is 1.18 bits per heavy atom. The Balaban J connectivity index is 1.73. The molecule has 0 aliphatic carbocycles. The lowest BCUT2D eigenvalue weighted by molar-refractivity contribution is -0.915. The van der Waals surface area contributed by atoms with Gasteiger partial charge in [0.1, 0.15) is 31.9 Å². The lowest BCUT2D eigenvalue weighted by Gasteiger charge is -2.32. The Hall–Kier alpha value is -1.52. The van der Waals surface area contributed by atoms with E-state index in [1.165, 1.54) is 0 Å². The van der Waals surface area contributed by atoms with Crippen LogP contribution in [0.4, 0.5) is 0 Å². The zero-order chi connectivity index (χ0) is 15.8. The van der Waals surface area contributed by atoms with Gasteiger partial charge in [-0.2, -0.15) is 0 Å². The second-order valence-electron chi connectivity index (χ2n) is 5.91. The van der Waals surface area contributed by atoms with Gasteiger partial charge in [0, 0.05) is 6.42 Å². The van der Waals surface area contributed by atoms with E-state index in [0.717, 1.165) is 37.6 Å². The molecule has 1 aromatic carbocycles. The molecule has 0 radical (unpaired) electrons. The quantitative estimate of drug-likeness (QED) is 0.586. The van der Waals surface area contributed by atoms with Gasteiger partial charge in [-0.1, -0.05) is 24.8 Å². The van der Waals surface area contributed by atoms with E-state index in [0.29, 0.717) is 25.4 Å². The Morgan fingerprint density at radius 3 is 2.45 bits per heavy atom. The van der Waals surface area contributed by atoms with Gasteiger partial charge in [-0.15, -0.1) is 0 Å². The van der Waals surface area contributed by atoms with Crippen molar-refractivity contribution in [1.29, 1.82) is 0 Å². The van der Waals surface area contributed by atoms with Crippen molar-refractivity contribution in [2.45, 2.75) is 32.5 Å². The summed E-state index contributed by atoms with van der Waals surface area (Å²) in [5, 5.41) is 0. The molecule has 0 aromatic heterocycles. The first-order valence-electron chi connectivity index (χ1n) is 8.13. The summed E-state index contributed by atoms with van der Waals surface area (Å²) in [6.07, 6.45) is 3.48. The first kappa shape index (κ1) is 16.8. The highest BCUT2D eigenvalue weighted by Gasteiger charge is 2.24. The molecule has 1 heterocycles. The molecule has 1 fully saturated rings. The zero-order valence-electron chi connectivity index (χ0n) is 13.7. The molecule has 22 heavy (non-hydrogen) atoms. The van der Waals surface area contributed by atoms with Crippen LogP contribution < -0.4 is 14.4 Å². The highest BCUT2D eigenvalue weighted by atomic mass is 16.5. The molecule has 2 atom stereocenters. The van der Waals surface area contributed by atoms with E-state index in [9.17, 15) is 0 Å². The smallest absolute Gasteiger partial charge is 0.161 e. The third kappa shape index (κ3) is 5.35. The molecule has 0 bridgehead atoms. The van der Waals surface area contributed by atoms with Crippen LogP contribution >= 0.6 is 0 Å². The van der Waals surface area contributed by atoms with E-state index in [1.54, 1.807) is 11.0 Å². The molecule has 4 nitrogen and oxygen atoms in total. The fourth-order valence-electron chi connectivity index (χ4n) is 2.93. The molecule has 1 aromatic rings. The van der Waals surface area contributed by atoms with E-state index in [4.69, 9.17) is 14.2 Å². The van der Waals surface area contributed by atoms with Crippen LogP contribution in [0.3, 0.4) is 0 Å². The van der Waals surface area contributed by atoms with Crippen molar-refractivity contribution < 1.29 is 19.1 Å². The lowest BCUT2D eigenvalue weighted by atomic mass is 10.2. The Morgan fingerprint density at radius 2 is 1.82 bits per heavy atom. The number of quaternary nitrogens is 1. The average molecular weight is 306 g/mol. The third-order valence-electron chi connectivity index (χ3n) is 3.75. The number of hydrogen-bond donors (Lipinski definition) is 1. The Bertz CT molecular complexity index is 453. The predicted molar refractivity (Wildman–Crippen MR) is 87.8 cm³/mol. The molecule has 0 amide bonds. The fourth-order valence-corrected chi connectivity index (χ4v) is 2.93. The van der Waals surface area contributed by atoms with Crippen LogP contribution in [0, 0.1) is 0 Å². The number of benzene rings is 1.